The van der Waals surface area contributed by atoms with E-state index in [0.29, 0.717) is 12.0 Å². The Morgan fingerprint density at radius 3 is 2.67 bits per heavy atom. The number of aliphatic carboxylic acids is 1. The van der Waals surface area contributed by atoms with Crippen molar-refractivity contribution in [3.05, 3.63) is 33.8 Å². The molecule has 4 nitrogen and oxygen atoms in total. The van der Waals surface area contributed by atoms with Gasteiger partial charge in [0.1, 0.15) is 0 Å². The highest BCUT2D eigenvalue weighted by molar-refractivity contribution is 9.10. The van der Waals surface area contributed by atoms with E-state index in [4.69, 9.17) is 5.11 Å². The molecule has 1 rings (SSSR count). The molecule has 0 aromatic heterocycles. The molecule has 1 atom stereocenters. The molecule has 0 spiro atoms. The second-order valence-electron chi connectivity index (χ2n) is 4.09. The maximum atomic E-state index is 11.9. The molecule has 0 saturated carbocycles. The lowest BCUT2D eigenvalue weighted by Crippen LogP contribution is -2.32. The molecule has 1 amide bonds. The quantitative estimate of drug-likeness (QED) is 0.878. The maximum absolute atomic E-state index is 11.9. The van der Waals surface area contributed by atoms with Gasteiger partial charge in [-0.3, -0.25) is 9.59 Å². The van der Waals surface area contributed by atoms with Crippen molar-refractivity contribution in [3.8, 4) is 0 Å². The maximum Gasteiger partial charge on any atom is 0.308 e. The second kappa shape index (κ2) is 6.54. The molecule has 0 aliphatic rings. The van der Waals surface area contributed by atoms with Gasteiger partial charge in [0.2, 0.25) is 0 Å². The first-order chi connectivity index (χ1) is 8.47. The van der Waals surface area contributed by atoms with Crippen LogP contribution in [-0.4, -0.2) is 23.5 Å². The van der Waals surface area contributed by atoms with Crippen LogP contribution in [0.2, 0.25) is 0 Å². The Balaban J connectivity index is 2.71. The van der Waals surface area contributed by atoms with Gasteiger partial charge in [0, 0.05) is 11.0 Å². The van der Waals surface area contributed by atoms with E-state index in [2.05, 4.69) is 21.2 Å². The zero-order chi connectivity index (χ0) is 13.7. The topological polar surface area (TPSA) is 66.4 Å². The van der Waals surface area contributed by atoms with E-state index >= 15 is 0 Å². The summed E-state index contributed by atoms with van der Waals surface area (Å²) < 4.78 is 0.742. The zero-order valence-electron chi connectivity index (χ0n) is 10.4. The molecule has 1 aromatic rings. The van der Waals surface area contributed by atoms with Crippen molar-refractivity contribution >= 4 is 27.8 Å². The van der Waals surface area contributed by atoms with Gasteiger partial charge in [-0.25, -0.2) is 0 Å². The van der Waals surface area contributed by atoms with Crippen LogP contribution in [0.4, 0.5) is 0 Å². The van der Waals surface area contributed by atoms with E-state index in [0.717, 1.165) is 10.0 Å². The fourth-order valence-corrected chi connectivity index (χ4v) is 1.98. The standard InChI is InChI=1S/C13H16BrNO3/c1-3-9(13(17)18)7-15-12(16)10-6-4-5-8(2)11(10)14/h4-6,9H,3,7H2,1-2H3,(H,15,16)(H,17,18). The predicted molar refractivity (Wildman–Crippen MR) is 72.6 cm³/mol. The number of halogens is 1. The third-order valence-corrected chi connectivity index (χ3v) is 3.84. The summed E-state index contributed by atoms with van der Waals surface area (Å²) in [6, 6.07) is 5.39. The molecule has 0 saturated heterocycles. The average molecular weight is 314 g/mol. The van der Waals surface area contributed by atoms with Crippen LogP contribution in [0.3, 0.4) is 0 Å². The second-order valence-corrected chi connectivity index (χ2v) is 4.88. The lowest BCUT2D eigenvalue weighted by atomic mass is 10.1. The predicted octanol–water partition coefficient (Wildman–Crippen LogP) is 2.60. The fraction of sp³-hybridized carbons (Fsp3) is 0.385. The Hall–Kier alpha value is -1.36. The number of hydrogen-bond acceptors (Lipinski definition) is 2. The number of amides is 1. The molecule has 0 bridgehead atoms. The van der Waals surface area contributed by atoms with Crippen molar-refractivity contribution in [3.63, 3.8) is 0 Å². The summed E-state index contributed by atoms with van der Waals surface area (Å²) in [4.78, 5) is 22.8. The average Bonchev–Trinajstić information content (AvgIpc) is 2.32. The van der Waals surface area contributed by atoms with Crippen molar-refractivity contribution in [2.75, 3.05) is 6.54 Å². The summed E-state index contributed by atoms with van der Waals surface area (Å²) in [5.74, 6) is -1.69. The van der Waals surface area contributed by atoms with Gasteiger partial charge < -0.3 is 10.4 Å². The molecule has 0 heterocycles. The molecular weight excluding hydrogens is 298 g/mol. The molecule has 1 aromatic carbocycles. The third-order valence-electron chi connectivity index (χ3n) is 2.79. The molecule has 2 N–H and O–H groups in total. The number of aryl methyl sites for hydroxylation is 1. The van der Waals surface area contributed by atoms with Crippen molar-refractivity contribution in [2.45, 2.75) is 20.3 Å². The first-order valence-corrected chi connectivity index (χ1v) is 6.52. The van der Waals surface area contributed by atoms with E-state index in [1.807, 2.05) is 13.0 Å². The number of rotatable bonds is 5. The molecule has 0 fully saturated rings. The van der Waals surface area contributed by atoms with Crippen LogP contribution in [0.5, 0.6) is 0 Å². The number of carboxylic acids is 1. The van der Waals surface area contributed by atoms with Gasteiger partial charge in [-0.15, -0.1) is 0 Å². The normalized spacial score (nSPS) is 11.9. The Morgan fingerprint density at radius 1 is 1.44 bits per heavy atom. The number of carbonyl (C=O) groups is 2. The van der Waals surface area contributed by atoms with Crippen LogP contribution in [0, 0.1) is 12.8 Å². The van der Waals surface area contributed by atoms with Crippen molar-refractivity contribution in [1.29, 1.82) is 0 Å². The van der Waals surface area contributed by atoms with Crippen molar-refractivity contribution < 1.29 is 14.7 Å². The van der Waals surface area contributed by atoms with Crippen LogP contribution < -0.4 is 5.32 Å². The Labute approximate surface area is 115 Å². The van der Waals surface area contributed by atoms with Gasteiger partial charge in [-0.05, 0) is 40.9 Å². The van der Waals surface area contributed by atoms with Crippen molar-refractivity contribution in [1.82, 2.24) is 5.32 Å². The molecule has 0 aliphatic heterocycles. The first-order valence-electron chi connectivity index (χ1n) is 5.73. The van der Waals surface area contributed by atoms with E-state index in [1.165, 1.54) is 0 Å². The summed E-state index contributed by atoms with van der Waals surface area (Å²) in [5.41, 5.74) is 1.49. The molecule has 18 heavy (non-hydrogen) atoms. The van der Waals surface area contributed by atoms with Gasteiger partial charge in [0.15, 0.2) is 0 Å². The van der Waals surface area contributed by atoms with E-state index in [9.17, 15) is 9.59 Å². The summed E-state index contributed by atoms with van der Waals surface area (Å²) in [6.45, 7) is 3.82. The highest BCUT2D eigenvalue weighted by Gasteiger charge is 2.17. The molecule has 0 radical (unpaired) electrons. The monoisotopic (exact) mass is 313 g/mol. The van der Waals surface area contributed by atoms with Crippen LogP contribution in [0.1, 0.15) is 29.3 Å². The summed E-state index contributed by atoms with van der Waals surface area (Å²) in [6.07, 6.45) is 0.491. The molecule has 5 heteroatoms. The van der Waals surface area contributed by atoms with Crippen LogP contribution in [-0.2, 0) is 4.79 Å². The highest BCUT2D eigenvalue weighted by atomic mass is 79.9. The van der Waals surface area contributed by atoms with E-state index in [1.54, 1.807) is 19.1 Å². The molecule has 1 unspecified atom stereocenters. The van der Waals surface area contributed by atoms with Gasteiger partial charge >= 0.3 is 5.97 Å². The molecule has 0 aliphatic carbocycles. The minimum Gasteiger partial charge on any atom is -0.481 e. The summed E-state index contributed by atoms with van der Waals surface area (Å²) in [5, 5.41) is 11.5. The minimum absolute atomic E-state index is 0.144. The van der Waals surface area contributed by atoms with Crippen LogP contribution >= 0.6 is 15.9 Å². The summed E-state index contributed by atoms with van der Waals surface area (Å²) >= 11 is 3.36. The fourth-order valence-electron chi connectivity index (χ4n) is 1.54. The number of nitrogens with one attached hydrogen (secondary N) is 1. The van der Waals surface area contributed by atoms with E-state index in [-0.39, 0.29) is 12.5 Å². The Kier molecular flexibility index (Phi) is 5.34. The van der Waals surface area contributed by atoms with Gasteiger partial charge in [-0.2, -0.15) is 0 Å². The third kappa shape index (κ3) is 3.57. The Bertz CT molecular complexity index is 460. The lowest BCUT2D eigenvalue weighted by molar-refractivity contribution is -0.141. The van der Waals surface area contributed by atoms with Gasteiger partial charge in [0.25, 0.3) is 5.91 Å². The van der Waals surface area contributed by atoms with Gasteiger partial charge in [-0.1, -0.05) is 19.1 Å². The van der Waals surface area contributed by atoms with Crippen molar-refractivity contribution in [2.24, 2.45) is 5.92 Å². The molecular formula is C13H16BrNO3. The number of hydrogen-bond donors (Lipinski definition) is 2. The first kappa shape index (κ1) is 14.7. The number of carboxylic acid groups (broad SMARTS) is 1. The van der Waals surface area contributed by atoms with E-state index < -0.39 is 11.9 Å². The molecule has 98 valence electrons. The SMILES string of the molecule is CCC(CNC(=O)c1cccc(C)c1Br)C(=O)O. The highest BCUT2D eigenvalue weighted by Crippen LogP contribution is 2.20. The number of carbonyl (C=O) groups excluding carboxylic acids is 1. The van der Waals surface area contributed by atoms with Crippen LogP contribution in [0.15, 0.2) is 22.7 Å². The zero-order valence-corrected chi connectivity index (χ0v) is 12.0. The largest absolute Gasteiger partial charge is 0.481 e. The number of benzene rings is 1. The smallest absolute Gasteiger partial charge is 0.308 e. The lowest BCUT2D eigenvalue weighted by Gasteiger charge is -2.12. The van der Waals surface area contributed by atoms with Crippen LogP contribution in [0.25, 0.3) is 0 Å². The summed E-state index contributed by atoms with van der Waals surface area (Å²) in [7, 11) is 0. The minimum atomic E-state index is -0.888. The Morgan fingerprint density at radius 2 is 2.11 bits per heavy atom. The van der Waals surface area contributed by atoms with Gasteiger partial charge in [0.05, 0.1) is 11.5 Å².